The maximum atomic E-state index is 4.42. The third-order valence-electron chi connectivity index (χ3n) is 3.57. The third-order valence-corrected chi connectivity index (χ3v) is 4.44. The highest BCUT2D eigenvalue weighted by Crippen LogP contribution is 2.07. The van der Waals surface area contributed by atoms with Crippen LogP contribution in [-0.4, -0.2) is 22.8 Å². The molecular formula is C18H22IN5S. The molecule has 2 aromatic heterocycles. The van der Waals surface area contributed by atoms with Crippen LogP contribution in [-0.2, 0) is 19.6 Å². The van der Waals surface area contributed by atoms with E-state index in [-0.39, 0.29) is 24.0 Å². The Bertz CT molecular complexity index is 768. The zero-order valence-corrected chi connectivity index (χ0v) is 17.2. The minimum atomic E-state index is 0. The van der Waals surface area contributed by atoms with E-state index in [4.69, 9.17) is 0 Å². The summed E-state index contributed by atoms with van der Waals surface area (Å²) in [6, 6.07) is 14.5. The summed E-state index contributed by atoms with van der Waals surface area (Å²) in [4.78, 5) is 5.53. The van der Waals surface area contributed by atoms with Gasteiger partial charge in [0.1, 0.15) is 0 Å². The van der Waals surface area contributed by atoms with Gasteiger partial charge in [0, 0.05) is 30.2 Å². The topological polar surface area (TPSA) is 54.2 Å². The van der Waals surface area contributed by atoms with Crippen molar-refractivity contribution >= 4 is 41.3 Å². The van der Waals surface area contributed by atoms with Crippen molar-refractivity contribution in [2.45, 2.75) is 19.6 Å². The Kier molecular flexibility index (Phi) is 7.93. The molecule has 0 atom stereocenters. The number of hydrogen-bond donors (Lipinski definition) is 2. The summed E-state index contributed by atoms with van der Waals surface area (Å²) < 4.78 is 1.95. The fourth-order valence-corrected chi connectivity index (χ4v) is 2.99. The lowest BCUT2D eigenvalue weighted by molar-refractivity contribution is 0.685. The SMILES string of the molecule is CN=C(NCc1cnn(Cc2ccccc2)c1)NCc1cccs1.I. The van der Waals surface area contributed by atoms with Crippen molar-refractivity contribution in [1.82, 2.24) is 20.4 Å². The Morgan fingerprint density at radius 3 is 2.60 bits per heavy atom. The largest absolute Gasteiger partial charge is 0.352 e. The van der Waals surface area contributed by atoms with Gasteiger partial charge in [-0.25, -0.2) is 0 Å². The van der Waals surface area contributed by atoms with E-state index < -0.39 is 0 Å². The molecule has 2 heterocycles. The van der Waals surface area contributed by atoms with Crippen LogP contribution in [0.15, 0.2) is 65.2 Å². The second-order valence-corrected chi connectivity index (χ2v) is 6.42. The van der Waals surface area contributed by atoms with Crippen molar-refractivity contribution < 1.29 is 0 Å². The molecular weight excluding hydrogens is 445 g/mol. The van der Waals surface area contributed by atoms with E-state index in [1.165, 1.54) is 10.4 Å². The van der Waals surface area contributed by atoms with Crippen molar-refractivity contribution in [2.75, 3.05) is 7.05 Å². The van der Waals surface area contributed by atoms with Gasteiger partial charge in [-0.05, 0) is 17.0 Å². The van der Waals surface area contributed by atoms with Crippen LogP contribution in [0.25, 0.3) is 0 Å². The third kappa shape index (κ3) is 6.17. The van der Waals surface area contributed by atoms with Crippen LogP contribution >= 0.6 is 35.3 Å². The molecule has 1 aromatic carbocycles. The summed E-state index contributed by atoms with van der Waals surface area (Å²) in [7, 11) is 1.78. The highest BCUT2D eigenvalue weighted by atomic mass is 127. The smallest absolute Gasteiger partial charge is 0.191 e. The molecule has 0 aliphatic carbocycles. The summed E-state index contributed by atoms with van der Waals surface area (Å²) in [5, 5.41) is 13.1. The van der Waals surface area contributed by atoms with Crippen LogP contribution < -0.4 is 10.6 Å². The second-order valence-electron chi connectivity index (χ2n) is 5.39. The van der Waals surface area contributed by atoms with Gasteiger partial charge in [0.2, 0.25) is 0 Å². The number of benzene rings is 1. The van der Waals surface area contributed by atoms with E-state index in [2.05, 4.69) is 56.6 Å². The summed E-state index contributed by atoms with van der Waals surface area (Å²) in [6.45, 7) is 2.26. The van der Waals surface area contributed by atoms with Gasteiger partial charge in [-0.15, -0.1) is 35.3 Å². The molecule has 2 N–H and O–H groups in total. The minimum absolute atomic E-state index is 0. The molecule has 0 bridgehead atoms. The van der Waals surface area contributed by atoms with Crippen LogP contribution in [0.2, 0.25) is 0 Å². The molecule has 0 amide bonds. The Balaban J connectivity index is 0.00000225. The van der Waals surface area contributed by atoms with Crippen LogP contribution in [0.5, 0.6) is 0 Å². The Morgan fingerprint density at radius 1 is 1.08 bits per heavy atom. The second kappa shape index (κ2) is 10.2. The normalized spacial score (nSPS) is 11.0. The number of thiophene rings is 1. The maximum absolute atomic E-state index is 4.42. The van der Waals surface area contributed by atoms with Crippen LogP contribution in [0, 0.1) is 0 Å². The fraction of sp³-hybridized carbons (Fsp3) is 0.222. The number of rotatable bonds is 6. The average Bonchev–Trinajstić information content (AvgIpc) is 3.28. The Hall–Kier alpha value is -1.87. The molecule has 0 saturated heterocycles. The molecule has 0 spiro atoms. The van der Waals surface area contributed by atoms with Gasteiger partial charge in [0.15, 0.2) is 5.96 Å². The fourth-order valence-electron chi connectivity index (χ4n) is 2.35. The zero-order valence-electron chi connectivity index (χ0n) is 14.1. The number of nitrogens with one attached hydrogen (secondary N) is 2. The summed E-state index contributed by atoms with van der Waals surface area (Å²) >= 11 is 1.74. The van der Waals surface area contributed by atoms with E-state index >= 15 is 0 Å². The highest BCUT2D eigenvalue weighted by molar-refractivity contribution is 14.0. The first-order valence-electron chi connectivity index (χ1n) is 7.85. The Morgan fingerprint density at radius 2 is 1.88 bits per heavy atom. The number of halogens is 1. The molecule has 0 aliphatic rings. The number of hydrogen-bond acceptors (Lipinski definition) is 3. The van der Waals surface area contributed by atoms with E-state index in [0.717, 1.165) is 24.6 Å². The monoisotopic (exact) mass is 467 g/mol. The van der Waals surface area contributed by atoms with Crippen molar-refractivity contribution in [3.8, 4) is 0 Å². The van der Waals surface area contributed by atoms with Gasteiger partial charge in [0.05, 0.1) is 19.3 Å². The number of nitrogens with zero attached hydrogens (tertiary/aromatic N) is 3. The van der Waals surface area contributed by atoms with Gasteiger partial charge < -0.3 is 10.6 Å². The van der Waals surface area contributed by atoms with Gasteiger partial charge in [-0.1, -0.05) is 36.4 Å². The molecule has 0 aliphatic heterocycles. The van der Waals surface area contributed by atoms with Gasteiger partial charge in [-0.2, -0.15) is 5.10 Å². The minimum Gasteiger partial charge on any atom is -0.352 e. The quantitative estimate of drug-likeness (QED) is 0.332. The first-order chi connectivity index (χ1) is 11.8. The molecule has 0 unspecified atom stereocenters. The molecule has 0 radical (unpaired) electrons. The van der Waals surface area contributed by atoms with E-state index in [0.29, 0.717) is 6.54 Å². The Labute approximate surface area is 169 Å². The molecule has 7 heteroatoms. The first kappa shape index (κ1) is 19.5. The predicted molar refractivity (Wildman–Crippen MR) is 115 cm³/mol. The van der Waals surface area contributed by atoms with E-state index in [1.807, 2.05) is 29.1 Å². The van der Waals surface area contributed by atoms with Gasteiger partial charge in [-0.3, -0.25) is 9.67 Å². The molecule has 3 aromatic rings. The lowest BCUT2D eigenvalue weighted by Crippen LogP contribution is -2.36. The average molecular weight is 467 g/mol. The summed E-state index contributed by atoms with van der Waals surface area (Å²) in [6.07, 6.45) is 3.95. The van der Waals surface area contributed by atoms with Crippen LogP contribution in [0.1, 0.15) is 16.0 Å². The molecule has 5 nitrogen and oxygen atoms in total. The van der Waals surface area contributed by atoms with E-state index in [1.54, 1.807) is 18.4 Å². The van der Waals surface area contributed by atoms with Gasteiger partial charge >= 0.3 is 0 Å². The lowest BCUT2D eigenvalue weighted by Gasteiger charge is -2.10. The highest BCUT2D eigenvalue weighted by Gasteiger charge is 2.02. The summed E-state index contributed by atoms with van der Waals surface area (Å²) in [5.74, 6) is 0.791. The zero-order chi connectivity index (χ0) is 16.6. The lowest BCUT2D eigenvalue weighted by atomic mass is 10.2. The van der Waals surface area contributed by atoms with Crippen LogP contribution in [0.3, 0.4) is 0 Å². The van der Waals surface area contributed by atoms with Crippen molar-refractivity contribution in [2.24, 2.45) is 4.99 Å². The maximum Gasteiger partial charge on any atom is 0.191 e. The standard InChI is InChI=1S/C18H21N5S.HI/c1-19-18(21-12-17-8-5-9-24-17)20-10-16-11-22-23(14-16)13-15-6-3-2-4-7-15;/h2-9,11,14H,10,12-13H2,1H3,(H2,19,20,21);1H. The molecule has 0 saturated carbocycles. The van der Waals surface area contributed by atoms with E-state index in [9.17, 15) is 0 Å². The van der Waals surface area contributed by atoms with Crippen molar-refractivity contribution in [1.29, 1.82) is 0 Å². The number of guanidine groups is 1. The predicted octanol–water partition coefficient (Wildman–Crippen LogP) is 3.48. The first-order valence-corrected chi connectivity index (χ1v) is 8.73. The number of aliphatic imine (C=N–C) groups is 1. The summed E-state index contributed by atoms with van der Waals surface area (Å²) in [5.41, 5.74) is 2.37. The molecule has 0 fully saturated rings. The molecule has 132 valence electrons. The van der Waals surface area contributed by atoms with Crippen molar-refractivity contribution in [3.05, 3.63) is 76.2 Å². The van der Waals surface area contributed by atoms with Crippen LogP contribution in [0.4, 0.5) is 0 Å². The molecule has 25 heavy (non-hydrogen) atoms. The van der Waals surface area contributed by atoms with Crippen molar-refractivity contribution in [3.63, 3.8) is 0 Å². The number of aromatic nitrogens is 2. The van der Waals surface area contributed by atoms with Gasteiger partial charge in [0.25, 0.3) is 0 Å². The molecule has 3 rings (SSSR count).